The van der Waals surface area contributed by atoms with Crippen LogP contribution in [0, 0.1) is 0 Å². The number of pyridine rings is 1. The molecular formula is C5H5FeN+3. The normalized spacial score (nSPS) is 6.86. The molecule has 0 fully saturated rings. The molecule has 1 aromatic rings. The van der Waals surface area contributed by atoms with Gasteiger partial charge in [-0.05, 0) is 12.1 Å². The predicted molar refractivity (Wildman–Crippen MR) is 24.2 cm³/mol. The van der Waals surface area contributed by atoms with Gasteiger partial charge in [-0.25, -0.2) is 0 Å². The van der Waals surface area contributed by atoms with E-state index in [0.717, 1.165) is 0 Å². The van der Waals surface area contributed by atoms with Gasteiger partial charge in [0, 0.05) is 12.4 Å². The Labute approximate surface area is 53.2 Å². The van der Waals surface area contributed by atoms with E-state index in [0.29, 0.717) is 0 Å². The maximum absolute atomic E-state index is 3.78. The number of nitrogens with zero attached hydrogens (tertiary/aromatic N) is 1. The van der Waals surface area contributed by atoms with Gasteiger partial charge in [-0.3, -0.25) is 4.98 Å². The van der Waals surface area contributed by atoms with Gasteiger partial charge in [0.15, 0.2) is 0 Å². The molecule has 0 amide bonds. The van der Waals surface area contributed by atoms with E-state index in [1.807, 2.05) is 18.2 Å². The second-order valence-corrected chi connectivity index (χ2v) is 1.02. The smallest absolute Gasteiger partial charge is 0.265 e. The minimum atomic E-state index is 0. The number of hydrogen-bond acceptors (Lipinski definition) is 1. The number of hydrogen-bond donors (Lipinski definition) is 0. The quantitative estimate of drug-likeness (QED) is 0.485. The first-order valence-electron chi connectivity index (χ1n) is 1.85. The van der Waals surface area contributed by atoms with Crippen molar-refractivity contribution in [1.29, 1.82) is 0 Å². The molecule has 0 saturated carbocycles. The Hall–Kier alpha value is -0.331. The van der Waals surface area contributed by atoms with Crippen molar-refractivity contribution in [2.24, 2.45) is 0 Å². The molecule has 1 rings (SSSR count). The van der Waals surface area contributed by atoms with Crippen LogP contribution in [0.4, 0.5) is 0 Å². The molecule has 0 atom stereocenters. The number of rotatable bonds is 0. The molecule has 1 nitrogen and oxygen atoms in total. The van der Waals surface area contributed by atoms with Gasteiger partial charge in [-0.2, -0.15) is 0 Å². The maximum atomic E-state index is 3.78. The van der Waals surface area contributed by atoms with Crippen molar-refractivity contribution < 1.29 is 17.1 Å². The SMILES string of the molecule is [Fe+3].c1ccncc1. The molecule has 0 aliphatic rings. The summed E-state index contributed by atoms with van der Waals surface area (Å²) in [6, 6.07) is 5.72. The molecule has 1 radical (unpaired) electrons. The molecule has 0 spiro atoms. The van der Waals surface area contributed by atoms with Crippen LogP contribution in [0.2, 0.25) is 0 Å². The fourth-order valence-corrected chi connectivity index (χ4v) is 0.313. The van der Waals surface area contributed by atoms with Crippen molar-refractivity contribution in [2.75, 3.05) is 0 Å². The summed E-state index contributed by atoms with van der Waals surface area (Å²) in [5.41, 5.74) is 0. The molecule has 0 aliphatic heterocycles. The van der Waals surface area contributed by atoms with E-state index in [1.54, 1.807) is 12.4 Å². The topological polar surface area (TPSA) is 12.9 Å². The van der Waals surface area contributed by atoms with Gasteiger partial charge in [0.05, 0.1) is 0 Å². The standard InChI is InChI=1S/C5H5N.Fe/c1-2-4-6-5-3-1;/h1-5H;/q;+3. The Kier molecular flexibility index (Phi) is 3.66. The molecule has 7 heavy (non-hydrogen) atoms. The Morgan fingerprint density at radius 3 is 1.57 bits per heavy atom. The van der Waals surface area contributed by atoms with Crippen molar-refractivity contribution in [3.05, 3.63) is 30.6 Å². The van der Waals surface area contributed by atoms with Gasteiger partial charge in [-0.1, -0.05) is 6.07 Å². The van der Waals surface area contributed by atoms with Crippen LogP contribution in [-0.4, -0.2) is 4.98 Å². The van der Waals surface area contributed by atoms with Crippen LogP contribution in [0.5, 0.6) is 0 Å². The van der Waals surface area contributed by atoms with Gasteiger partial charge < -0.3 is 0 Å². The summed E-state index contributed by atoms with van der Waals surface area (Å²) in [6.45, 7) is 0. The molecule has 0 aliphatic carbocycles. The largest absolute Gasteiger partial charge is 3.00 e. The Balaban J connectivity index is 0.000000360. The molecule has 0 N–H and O–H groups in total. The monoisotopic (exact) mass is 135 g/mol. The first-order valence-corrected chi connectivity index (χ1v) is 1.85. The molecule has 2 heteroatoms. The molecule has 1 aromatic heterocycles. The zero-order valence-corrected chi connectivity index (χ0v) is 4.79. The van der Waals surface area contributed by atoms with Crippen LogP contribution in [-0.2, 0) is 17.1 Å². The third-order valence-corrected chi connectivity index (χ3v) is 0.566. The first kappa shape index (κ1) is 6.67. The second-order valence-electron chi connectivity index (χ2n) is 1.02. The van der Waals surface area contributed by atoms with Crippen molar-refractivity contribution in [2.45, 2.75) is 0 Å². The summed E-state index contributed by atoms with van der Waals surface area (Å²) < 4.78 is 0. The Morgan fingerprint density at radius 2 is 1.43 bits per heavy atom. The minimum absolute atomic E-state index is 0. The van der Waals surface area contributed by atoms with E-state index in [-0.39, 0.29) is 17.1 Å². The zero-order chi connectivity index (χ0) is 4.24. The average Bonchev–Trinajstić information content (AvgIpc) is 1.72. The Morgan fingerprint density at radius 1 is 0.857 bits per heavy atom. The summed E-state index contributed by atoms with van der Waals surface area (Å²) in [6.07, 6.45) is 3.50. The van der Waals surface area contributed by atoms with E-state index < -0.39 is 0 Å². The maximum Gasteiger partial charge on any atom is 3.00 e. The summed E-state index contributed by atoms with van der Waals surface area (Å²) in [5.74, 6) is 0. The summed E-state index contributed by atoms with van der Waals surface area (Å²) in [5, 5.41) is 0. The van der Waals surface area contributed by atoms with Gasteiger partial charge in [0.1, 0.15) is 0 Å². The van der Waals surface area contributed by atoms with Crippen molar-refractivity contribution in [3.8, 4) is 0 Å². The molecule has 0 bridgehead atoms. The molecule has 0 aromatic carbocycles. The molecular weight excluding hydrogens is 130 g/mol. The fraction of sp³-hybridized carbons (Fsp3) is 0. The second kappa shape index (κ2) is 3.85. The summed E-state index contributed by atoms with van der Waals surface area (Å²) in [4.78, 5) is 3.78. The van der Waals surface area contributed by atoms with Crippen molar-refractivity contribution in [3.63, 3.8) is 0 Å². The third kappa shape index (κ3) is 2.38. The summed E-state index contributed by atoms with van der Waals surface area (Å²) >= 11 is 0. The van der Waals surface area contributed by atoms with E-state index in [4.69, 9.17) is 0 Å². The van der Waals surface area contributed by atoms with E-state index in [2.05, 4.69) is 4.98 Å². The molecule has 0 saturated heterocycles. The van der Waals surface area contributed by atoms with Crippen LogP contribution >= 0.6 is 0 Å². The number of aromatic nitrogens is 1. The molecule has 1 heterocycles. The van der Waals surface area contributed by atoms with Crippen LogP contribution in [0.15, 0.2) is 30.6 Å². The van der Waals surface area contributed by atoms with Crippen molar-refractivity contribution >= 4 is 0 Å². The average molecular weight is 135 g/mol. The fourth-order valence-electron chi connectivity index (χ4n) is 0.313. The third-order valence-electron chi connectivity index (χ3n) is 0.566. The van der Waals surface area contributed by atoms with Gasteiger partial charge >= 0.3 is 17.1 Å². The van der Waals surface area contributed by atoms with Gasteiger partial charge in [-0.15, -0.1) is 0 Å². The Bertz CT molecular complexity index is 80.0. The van der Waals surface area contributed by atoms with E-state index in [9.17, 15) is 0 Å². The van der Waals surface area contributed by atoms with Crippen LogP contribution < -0.4 is 0 Å². The minimum Gasteiger partial charge on any atom is -0.265 e. The van der Waals surface area contributed by atoms with Crippen molar-refractivity contribution in [1.82, 2.24) is 4.98 Å². The molecule has 0 unspecified atom stereocenters. The van der Waals surface area contributed by atoms with Crippen LogP contribution in [0.3, 0.4) is 0 Å². The van der Waals surface area contributed by atoms with Crippen LogP contribution in [0.1, 0.15) is 0 Å². The van der Waals surface area contributed by atoms with E-state index >= 15 is 0 Å². The van der Waals surface area contributed by atoms with Gasteiger partial charge in [0.25, 0.3) is 0 Å². The van der Waals surface area contributed by atoms with Crippen LogP contribution in [0.25, 0.3) is 0 Å². The first-order chi connectivity index (χ1) is 3.00. The van der Waals surface area contributed by atoms with Gasteiger partial charge in [0.2, 0.25) is 0 Å². The predicted octanol–water partition coefficient (Wildman–Crippen LogP) is 1.08. The molecule has 35 valence electrons. The van der Waals surface area contributed by atoms with E-state index in [1.165, 1.54) is 0 Å². The summed E-state index contributed by atoms with van der Waals surface area (Å²) in [7, 11) is 0. The zero-order valence-electron chi connectivity index (χ0n) is 3.69.